The lowest BCUT2D eigenvalue weighted by atomic mass is 9.99. The van der Waals surface area contributed by atoms with Crippen molar-refractivity contribution in [2.75, 3.05) is 24.5 Å². The minimum Gasteiger partial charge on any atom is -0.486 e. The van der Waals surface area contributed by atoms with Crippen molar-refractivity contribution < 1.29 is 23.0 Å². The number of benzene rings is 1. The van der Waals surface area contributed by atoms with Gasteiger partial charge in [0.1, 0.15) is 5.82 Å². The van der Waals surface area contributed by atoms with Crippen molar-refractivity contribution in [3.05, 3.63) is 29.8 Å². The Morgan fingerprint density at radius 2 is 1.97 bits per heavy atom. The predicted octanol–water partition coefficient (Wildman–Crippen LogP) is 4.34. The molecule has 0 radical (unpaired) electrons. The minimum absolute atomic E-state index is 0.0141. The van der Waals surface area contributed by atoms with Gasteiger partial charge in [0.15, 0.2) is 17.3 Å². The van der Waals surface area contributed by atoms with Crippen molar-refractivity contribution in [3.8, 4) is 11.5 Å². The van der Waals surface area contributed by atoms with E-state index in [-0.39, 0.29) is 30.2 Å². The average Bonchev–Trinajstić information content (AvgIpc) is 3.45. The molecule has 0 bridgehead atoms. The maximum Gasteiger partial charge on any atom is 0.387 e. The first-order valence-electron chi connectivity index (χ1n) is 12.5. The highest BCUT2D eigenvalue weighted by atomic mass is 19.3. The van der Waals surface area contributed by atoms with E-state index in [0.29, 0.717) is 43.0 Å². The van der Waals surface area contributed by atoms with Gasteiger partial charge >= 0.3 is 6.61 Å². The summed E-state index contributed by atoms with van der Waals surface area (Å²) in [7, 11) is 0. The molecule has 1 atom stereocenters. The Morgan fingerprint density at radius 1 is 1.20 bits per heavy atom. The van der Waals surface area contributed by atoms with Crippen LogP contribution in [0.4, 0.5) is 14.5 Å². The molecule has 1 aliphatic carbocycles. The lowest BCUT2D eigenvalue weighted by Crippen LogP contribution is -2.56. The number of alkyl halides is 2. The third kappa shape index (κ3) is 6.61. The Bertz CT molecular complexity index is 993. The van der Waals surface area contributed by atoms with Crippen molar-refractivity contribution in [2.45, 2.75) is 78.1 Å². The molecule has 4 rings (SSSR count). The Balaban J connectivity index is 1.50. The quantitative estimate of drug-likeness (QED) is 0.562. The standard InChI is InChI=1S/C25H35F2N5O3/c1-16(2)12-19-15-31(10-11-32(19)24(33)14-23-28-17(3)29-30-23)18-8-9-21(35-25(26)27)22(13-18)34-20-6-4-5-7-20/h8-9,13,16,19-20,25H,4-7,10-12,14-15H2,1-3H3,(H,28,29,30). The number of carbonyl (C=O) groups is 1. The summed E-state index contributed by atoms with van der Waals surface area (Å²) in [6.07, 6.45) is 5.03. The topological polar surface area (TPSA) is 83.6 Å². The molecular formula is C25H35F2N5O3. The number of hydrogen-bond donors (Lipinski definition) is 1. The highest BCUT2D eigenvalue weighted by molar-refractivity contribution is 5.78. The van der Waals surface area contributed by atoms with Crippen LogP contribution in [0.2, 0.25) is 0 Å². The van der Waals surface area contributed by atoms with Crippen LogP contribution in [0.5, 0.6) is 11.5 Å². The first-order chi connectivity index (χ1) is 16.8. The van der Waals surface area contributed by atoms with Crippen LogP contribution < -0.4 is 14.4 Å². The summed E-state index contributed by atoms with van der Waals surface area (Å²) in [5, 5.41) is 6.89. The highest BCUT2D eigenvalue weighted by Gasteiger charge is 2.32. The van der Waals surface area contributed by atoms with E-state index >= 15 is 0 Å². The smallest absolute Gasteiger partial charge is 0.387 e. The fourth-order valence-electron chi connectivity index (χ4n) is 5.03. The molecule has 2 fully saturated rings. The Labute approximate surface area is 205 Å². The van der Waals surface area contributed by atoms with E-state index in [2.05, 4.69) is 33.9 Å². The van der Waals surface area contributed by atoms with E-state index in [1.54, 1.807) is 18.2 Å². The number of carbonyl (C=O) groups excluding carboxylic acids is 1. The number of anilines is 1. The van der Waals surface area contributed by atoms with E-state index < -0.39 is 6.61 Å². The largest absolute Gasteiger partial charge is 0.486 e. The summed E-state index contributed by atoms with van der Waals surface area (Å²) >= 11 is 0. The number of nitrogens with zero attached hydrogens (tertiary/aromatic N) is 4. The number of aromatic nitrogens is 3. The first kappa shape index (κ1) is 25.2. The molecule has 1 N–H and O–H groups in total. The fourth-order valence-corrected chi connectivity index (χ4v) is 5.03. The van der Waals surface area contributed by atoms with Gasteiger partial charge in [0.05, 0.1) is 12.5 Å². The third-order valence-corrected chi connectivity index (χ3v) is 6.60. The second-order valence-electron chi connectivity index (χ2n) is 9.86. The zero-order valence-electron chi connectivity index (χ0n) is 20.7. The van der Waals surface area contributed by atoms with E-state index in [9.17, 15) is 13.6 Å². The number of ether oxygens (including phenoxy) is 2. The van der Waals surface area contributed by atoms with E-state index in [0.717, 1.165) is 37.8 Å². The average molecular weight is 492 g/mol. The van der Waals surface area contributed by atoms with Gasteiger partial charge in [-0.1, -0.05) is 13.8 Å². The molecular weight excluding hydrogens is 456 g/mol. The van der Waals surface area contributed by atoms with Gasteiger partial charge in [0, 0.05) is 37.4 Å². The molecule has 2 aliphatic rings. The Morgan fingerprint density at radius 3 is 2.63 bits per heavy atom. The molecule has 1 saturated heterocycles. The summed E-state index contributed by atoms with van der Waals surface area (Å²) in [6, 6.07) is 5.18. The zero-order valence-corrected chi connectivity index (χ0v) is 20.7. The van der Waals surface area contributed by atoms with Crippen LogP contribution >= 0.6 is 0 Å². The number of halogens is 2. The molecule has 2 aromatic rings. The summed E-state index contributed by atoms with van der Waals surface area (Å²) < 4.78 is 36.8. The molecule has 2 heterocycles. The maximum absolute atomic E-state index is 13.1. The van der Waals surface area contributed by atoms with Crippen LogP contribution in [0.25, 0.3) is 0 Å². The van der Waals surface area contributed by atoms with Gasteiger partial charge in [-0.05, 0) is 57.1 Å². The van der Waals surface area contributed by atoms with E-state index in [1.165, 1.54) is 0 Å². The Kier molecular flexibility index (Phi) is 8.07. The molecule has 8 nitrogen and oxygen atoms in total. The van der Waals surface area contributed by atoms with Gasteiger partial charge in [-0.25, -0.2) is 4.98 Å². The van der Waals surface area contributed by atoms with E-state index in [4.69, 9.17) is 9.47 Å². The molecule has 1 unspecified atom stereocenters. The van der Waals surface area contributed by atoms with Crippen molar-refractivity contribution in [2.24, 2.45) is 5.92 Å². The fraction of sp³-hybridized carbons (Fsp3) is 0.640. The number of aryl methyl sites for hydroxylation is 1. The van der Waals surface area contributed by atoms with Crippen molar-refractivity contribution in [3.63, 3.8) is 0 Å². The van der Waals surface area contributed by atoms with Crippen LogP contribution in [-0.2, 0) is 11.2 Å². The SMILES string of the molecule is Cc1nc(CC(=O)N2CCN(c3ccc(OC(F)F)c(OC4CCCC4)c3)CC2CC(C)C)n[nH]1. The normalized spacial score (nSPS) is 19.1. The molecule has 35 heavy (non-hydrogen) atoms. The van der Waals surface area contributed by atoms with Crippen molar-refractivity contribution in [1.29, 1.82) is 0 Å². The van der Waals surface area contributed by atoms with E-state index in [1.807, 2.05) is 11.8 Å². The summed E-state index contributed by atoms with van der Waals surface area (Å²) in [5.41, 5.74) is 0.880. The monoisotopic (exact) mass is 491 g/mol. The van der Waals surface area contributed by atoms with Gasteiger partial charge in [-0.3, -0.25) is 9.89 Å². The predicted molar refractivity (Wildman–Crippen MR) is 128 cm³/mol. The molecule has 192 valence electrons. The number of hydrogen-bond acceptors (Lipinski definition) is 6. The number of piperazine rings is 1. The summed E-state index contributed by atoms with van der Waals surface area (Å²) in [5.74, 6) is 2.02. The second-order valence-corrected chi connectivity index (χ2v) is 9.86. The number of rotatable bonds is 9. The number of nitrogens with one attached hydrogen (secondary N) is 1. The van der Waals surface area contributed by atoms with Crippen LogP contribution in [0.1, 0.15) is 57.6 Å². The number of H-pyrrole nitrogens is 1. The van der Waals surface area contributed by atoms with Gasteiger partial charge in [0.2, 0.25) is 5.91 Å². The number of aromatic amines is 1. The second kappa shape index (κ2) is 11.2. The Hall–Kier alpha value is -2.91. The summed E-state index contributed by atoms with van der Waals surface area (Å²) in [6.45, 7) is 5.02. The molecule has 1 amide bonds. The molecule has 1 aliphatic heterocycles. The van der Waals surface area contributed by atoms with Gasteiger partial charge in [0.25, 0.3) is 0 Å². The highest BCUT2D eigenvalue weighted by Crippen LogP contribution is 2.37. The van der Waals surface area contributed by atoms with Crippen LogP contribution in [-0.4, -0.2) is 64.4 Å². The lowest BCUT2D eigenvalue weighted by molar-refractivity contribution is -0.133. The van der Waals surface area contributed by atoms with Crippen LogP contribution in [0, 0.1) is 12.8 Å². The van der Waals surface area contributed by atoms with Gasteiger partial charge < -0.3 is 19.3 Å². The number of amides is 1. The molecule has 1 saturated carbocycles. The lowest BCUT2D eigenvalue weighted by Gasteiger charge is -2.43. The van der Waals surface area contributed by atoms with Crippen LogP contribution in [0.15, 0.2) is 18.2 Å². The van der Waals surface area contributed by atoms with Gasteiger partial charge in [-0.15, -0.1) is 0 Å². The minimum atomic E-state index is -2.91. The summed E-state index contributed by atoms with van der Waals surface area (Å²) in [4.78, 5) is 21.5. The molecule has 10 heteroatoms. The maximum atomic E-state index is 13.1. The van der Waals surface area contributed by atoms with Crippen molar-refractivity contribution in [1.82, 2.24) is 20.1 Å². The molecule has 0 spiro atoms. The van der Waals surface area contributed by atoms with Gasteiger partial charge in [-0.2, -0.15) is 13.9 Å². The van der Waals surface area contributed by atoms with Crippen LogP contribution in [0.3, 0.4) is 0 Å². The zero-order chi connectivity index (χ0) is 24.9. The first-order valence-corrected chi connectivity index (χ1v) is 12.5. The van der Waals surface area contributed by atoms with Crippen molar-refractivity contribution >= 4 is 11.6 Å². The third-order valence-electron chi connectivity index (χ3n) is 6.60. The molecule has 1 aromatic carbocycles. The molecule has 1 aromatic heterocycles.